The molecule has 2 unspecified atom stereocenters. The van der Waals surface area contributed by atoms with Crippen molar-refractivity contribution in [3.05, 3.63) is 22.4 Å². The largest absolute Gasteiger partial charge is 0.443 e. The molecule has 0 spiro atoms. The summed E-state index contributed by atoms with van der Waals surface area (Å²) in [5.74, 6) is 0.762. The SMILES string of the molecule is CC(=O)NC(C)(C)/C=C/n1ncc(C(=O)NC2C3CC4CC2CC(OC(N)=O)(C4)C3)c1Br. The molecule has 4 aliphatic carbocycles. The number of nitrogens with zero attached hydrogens (tertiary/aromatic N) is 2. The van der Waals surface area contributed by atoms with E-state index in [1.165, 1.54) is 13.1 Å². The molecule has 0 aromatic carbocycles. The zero-order valence-corrected chi connectivity index (χ0v) is 20.1. The molecule has 9 nitrogen and oxygen atoms in total. The number of carbonyl (C=O) groups is 3. The zero-order chi connectivity index (χ0) is 23.3. The molecule has 0 saturated heterocycles. The minimum absolute atomic E-state index is 0.0492. The van der Waals surface area contributed by atoms with Gasteiger partial charge in [0.05, 0.1) is 17.3 Å². The summed E-state index contributed by atoms with van der Waals surface area (Å²) in [7, 11) is 0. The fraction of sp³-hybridized carbons (Fsp3) is 0.636. The average molecular weight is 508 g/mol. The van der Waals surface area contributed by atoms with Gasteiger partial charge in [0.15, 0.2) is 0 Å². The first-order valence-electron chi connectivity index (χ1n) is 11.0. The van der Waals surface area contributed by atoms with Crippen LogP contribution < -0.4 is 16.4 Å². The third kappa shape index (κ3) is 4.55. The van der Waals surface area contributed by atoms with E-state index in [1.54, 1.807) is 10.9 Å². The maximum atomic E-state index is 13.1. The van der Waals surface area contributed by atoms with E-state index in [0.717, 1.165) is 32.1 Å². The van der Waals surface area contributed by atoms with Crippen molar-refractivity contribution in [1.82, 2.24) is 20.4 Å². The van der Waals surface area contributed by atoms with Gasteiger partial charge in [-0.15, -0.1) is 0 Å². The number of nitrogens with two attached hydrogens (primary N) is 1. The van der Waals surface area contributed by atoms with Crippen LogP contribution >= 0.6 is 15.9 Å². The van der Waals surface area contributed by atoms with Gasteiger partial charge in [0.1, 0.15) is 10.2 Å². The first-order chi connectivity index (χ1) is 15.0. The molecular weight excluding hydrogens is 478 g/mol. The van der Waals surface area contributed by atoms with Gasteiger partial charge in [-0.3, -0.25) is 9.59 Å². The lowest BCUT2D eigenvalue weighted by molar-refractivity contribution is -0.137. The fourth-order valence-corrected chi connectivity index (χ4v) is 6.60. The van der Waals surface area contributed by atoms with Crippen molar-refractivity contribution >= 4 is 40.0 Å². The summed E-state index contributed by atoms with van der Waals surface area (Å²) in [4.78, 5) is 35.9. The molecule has 1 aromatic heterocycles. The minimum atomic E-state index is -0.710. The standard InChI is InChI=1S/C22H30BrN5O4/c1-12(29)27-21(2,3)4-5-28-18(23)16(11-25-28)19(30)26-17-14-6-13-7-15(17)10-22(8-13,9-14)32-20(24)31/h4-5,11,13-15,17H,6-10H2,1-3H3,(H2,24,31)(H,26,30)(H,27,29)/b5-4+. The van der Waals surface area contributed by atoms with E-state index in [2.05, 4.69) is 31.7 Å². The summed E-state index contributed by atoms with van der Waals surface area (Å²) < 4.78 is 7.66. The molecular formula is C22H30BrN5O4. The van der Waals surface area contributed by atoms with Crippen molar-refractivity contribution in [2.24, 2.45) is 23.5 Å². The molecule has 5 rings (SSSR count). The number of primary amides is 1. The number of hydrogen-bond donors (Lipinski definition) is 3. The Morgan fingerprint density at radius 2 is 1.94 bits per heavy atom. The first-order valence-corrected chi connectivity index (χ1v) is 11.8. The third-order valence-electron chi connectivity index (χ3n) is 6.94. The quantitative estimate of drug-likeness (QED) is 0.545. The lowest BCUT2D eigenvalue weighted by Gasteiger charge is -2.58. The smallest absolute Gasteiger partial charge is 0.405 e. The van der Waals surface area contributed by atoms with Gasteiger partial charge in [0.2, 0.25) is 5.91 Å². The number of aromatic nitrogens is 2. The molecule has 1 aromatic rings. The molecule has 4 bridgehead atoms. The van der Waals surface area contributed by atoms with Crippen LogP contribution in [0.1, 0.15) is 63.2 Å². The van der Waals surface area contributed by atoms with Gasteiger partial charge in [-0.2, -0.15) is 5.10 Å². The van der Waals surface area contributed by atoms with E-state index >= 15 is 0 Å². The van der Waals surface area contributed by atoms with Crippen molar-refractivity contribution < 1.29 is 19.1 Å². The summed E-state index contributed by atoms with van der Waals surface area (Å²) in [6, 6.07) is 0.0492. The summed E-state index contributed by atoms with van der Waals surface area (Å²) in [5.41, 5.74) is 4.77. The Morgan fingerprint density at radius 1 is 1.28 bits per heavy atom. The maximum absolute atomic E-state index is 13.1. The van der Waals surface area contributed by atoms with Crippen LogP contribution in [0.5, 0.6) is 0 Å². The predicted molar refractivity (Wildman–Crippen MR) is 121 cm³/mol. The van der Waals surface area contributed by atoms with Gasteiger partial charge in [0.25, 0.3) is 5.91 Å². The topological polar surface area (TPSA) is 128 Å². The highest BCUT2D eigenvalue weighted by Gasteiger charge is 2.57. The Bertz CT molecular complexity index is 956. The van der Waals surface area contributed by atoms with Crippen LogP contribution in [-0.2, 0) is 9.53 Å². The van der Waals surface area contributed by atoms with E-state index < -0.39 is 17.2 Å². The molecule has 0 radical (unpaired) electrons. The van der Waals surface area contributed by atoms with Crippen molar-refractivity contribution in [2.45, 2.75) is 70.1 Å². The molecule has 32 heavy (non-hydrogen) atoms. The van der Waals surface area contributed by atoms with Gasteiger partial charge in [-0.25, -0.2) is 9.48 Å². The Labute approximate surface area is 195 Å². The Balaban J connectivity index is 1.44. The van der Waals surface area contributed by atoms with Crippen molar-refractivity contribution in [1.29, 1.82) is 0 Å². The second-order valence-electron chi connectivity index (χ2n) is 10.1. The molecule has 1 heterocycles. The Hall–Kier alpha value is -2.36. The van der Waals surface area contributed by atoms with Gasteiger partial charge < -0.3 is 21.1 Å². The van der Waals surface area contributed by atoms with Crippen LogP contribution in [0, 0.1) is 17.8 Å². The van der Waals surface area contributed by atoms with Crippen LogP contribution in [0.15, 0.2) is 16.9 Å². The number of halogens is 1. The van der Waals surface area contributed by atoms with E-state index in [1.807, 2.05) is 19.9 Å². The fourth-order valence-electron chi connectivity index (χ4n) is 6.11. The average Bonchev–Trinajstić information content (AvgIpc) is 3.01. The predicted octanol–water partition coefficient (Wildman–Crippen LogP) is 2.80. The highest BCUT2D eigenvalue weighted by molar-refractivity contribution is 9.10. The number of ether oxygens (including phenoxy) is 1. The molecule has 0 aliphatic heterocycles. The lowest BCUT2D eigenvalue weighted by atomic mass is 9.52. The van der Waals surface area contributed by atoms with Gasteiger partial charge in [-0.05, 0) is 85.7 Å². The normalized spacial score (nSPS) is 31.0. The molecule has 2 atom stereocenters. The summed E-state index contributed by atoms with van der Waals surface area (Å²) >= 11 is 3.48. The van der Waals surface area contributed by atoms with Crippen LogP contribution in [0.2, 0.25) is 0 Å². The number of amides is 3. The first kappa shape index (κ1) is 22.8. The lowest BCUT2D eigenvalue weighted by Crippen LogP contribution is -2.63. The number of rotatable bonds is 6. The number of hydrogen-bond acceptors (Lipinski definition) is 5. The van der Waals surface area contributed by atoms with Crippen molar-refractivity contribution in [2.75, 3.05) is 0 Å². The van der Waals surface area contributed by atoms with Crippen LogP contribution in [0.3, 0.4) is 0 Å². The third-order valence-corrected chi connectivity index (χ3v) is 7.73. The van der Waals surface area contributed by atoms with Gasteiger partial charge >= 0.3 is 6.09 Å². The second kappa shape index (κ2) is 8.20. The monoisotopic (exact) mass is 507 g/mol. The van der Waals surface area contributed by atoms with E-state index in [4.69, 9.17) is 10.5 Å². The van der Waals surface area contributed by atoms with Crippen LogP contribution in [0.4, 0.5) is 4.79 Å². The number of carbonyl (C=O) groups excluding carboxylic acids is 3. The summed E-state index contributed by atoms with van der Waals surface area (Å²) in [5, 5.41) is 10.3. The van der Waals surface area contributed by atoms with Gasteiger partial charge in [-0.1, -0.05) is 0 Å². The molecule has 10 heteroatoms. The van der Waals surface area contributed by atoms with Crippen molar-refractivity contribution in [3.8, 4) is 0 Å². The minimum Gasteiger partial charge on any atom is -0.443 e. The molecule has 4 N–H and O–H groups in total. The Morgan fingerprint density at radius 3 is 2.53 bits per heavy atom. The summed E-state index contributed by atoms with van der Waals surface area (Å²) in [6.45, 7) is 5.21. The van der Waals surface area contributed by atoms with E-state index in [-0.39, 0.29) is 29.7 Å². The molecule has 4 fully saturated rings. The van der Waals surface area contributed by atoms with Crippen molar-refractivity contribution in [3.63, 3.8) is 0 Å². The summed E-state index contributed by atoms with van der Waals surface area (Å²) in [6.07, 6.45) is 8.78. The highest BCUT2D eigenvalue weighted by Crippen LogP contribution is 2.57. The maximum Gasteiger partial charge on any atom is 0.405 e. The van der Waals surface area contributed by atoms with Crippen LogP contribution in [-0.4, -0.2) is 44.9 Å². The van der Waals surface area contributed by atoms with Crippen LogP contribution in [0.25, 0.3) is 6.20 Å². The zero-order valence-electron chi connectivity index (χ0n) is 18.6. The Kier molecular flexibility index (Phi) is 5.85. The highest BCUT2D eigenvalue weighted by atomic mass is 79.9. The van der Waals surface area contributed by atoms with Gasteiger partial charge in [0, 0.05) is 19.2 Å². The van der Waals surface area contributed by atoms with E-state index in [9.17, 15) is 14.4 Å². The molecule has 4 aliphatic rings. The second-order valence-corrected chi connectivity index (χ2v) is 10.8. The number of nitrogens with one attached hydrogen (secondary N) is 2. The molecule has 4 saturated carbocycles. The van der Waals surface area contributed by atoms with E-state index in [0.29, 0.717) is 16.1 Å². The molecule has 3 amide bonds. The molecule has 174 valence electrons.